The van der Waals surface area contributed by atoms with Gasteiger partial charge in [0.25, 0.3) is 0 Å². The summed E-state index contributed by atoms with van der Waals surface area (Å²) in [6, 6.07) is 0. The van der Waals surface area contributed by atoms with Gasteiger partial charge in [-0.3, -0.25) is 0 Å². The quantitative estimate of drug-likeness (QED) is 0.553. The van der Waals surface area contributed by atoms with Crippen LogP contribution in [0.4, 0.5) is 0 Å². The van der Waals surface area contributed by atoms with E-state index in [1.54, 1.807) is 0 Å². The molecule has 0 aliphatic heterocycles. The molecule has 0 aromatic heterocycles. The Bertz CT molecular complexity index is 254. The lowest BCUT2D eigenvalue weighted by Crippen LogP contribution is -2.48. The van der Waals surface area contributed by atoms with Crippen molar-refractivity contribution in [2.45, 2.75) is 58.2 Å². The molecule has 0 rings (SSSR count). The van der Waals surface area contributed by atoms with Gasteiger partial charge in [-0.05, 0) is 16.6 Å². The molecule has 0 radical (unpaired) electrons. The molecule has 0 saturated carbocycles. The highest BCUT2D eigenvalue weighted by Crippen LogP contribution is 2.42. The van der Waals surface area contributed by atoms with Crippen molar-refractivity contribution in [3.8, 4) is 0 Å². The Morgan fingerprint density at radius 3 is 1.76 bits per heavy atom. The van der Waals surface area contributed by atoms with Gasteiger partial charge >= 0.3 is 0 Å². The molecule has 0 atom stereocenters. The predicted molar refractivity (Wildman–Crippen MR) is 76.7 cm³/mol. The average molecular weight is 256 g/mol. The summed E-state index contributed by atoms with van der Waals surface area (Å²) >= 11 is 0. The fourth-order valence-corrected chi connectivity index (χ4v) is 8.29. The molecule has 2 nitrogen and oxygen atoms in total. The maximum Gasteiger partial charge on any atom is 0.200 e. The van der Waals surface area contributed by atoms with Gasteiger partial charge < -0.3 is 9.53 Å². The van der Waals surface area contributed by atoms with Crippen molar-refractivity contribution >= 4 is 8.32 Å². The van der Waals surface area contributed by atoms with Crippen LogP contribution >= 0.6 is 0 Å². The molecular formula is C14H28O2Si. The van der Waals surface area contributed by atoms with Crippen LogP contribution in [0.25, 0.3) is 0 Å². The number of aliphatic hydroxyl groups is 1. The normalized spacial score (nSPS) is 12.4. The molecular weight excluding hydrogens is 228 g/mol. The lowest BCUT2D eigenvalue weighted by molar-refractivity contribution is 0.268. The third-order valence-corrected chi connectivity index (χ3v) is 9.70. The summed E-state index contributed by atoms with van der Waals surface area (Å²) in [5.41, 5.74) is 5.20. The van der Waals surface area contributed by atoms with Gasteiger partial charge in [-0.15, -0.1) is 5.73 Å². The SMILES string of the molecule is C=C=C(CO)CO[Si](C(C)C)(C(C)C)C(C)C. The van der Waals surface area contributed by atoms with Crippen LogP contribution in [0.2, 0.25) is 16.6 Å². The van der Waals surface area contributed by atoms with E-state index in [-0.39, 0.29) is 6.61 Å². The first-order valence-corrected chi connectivity index (χ1v) is 8.59. The van der Waals surface area contributed by atoms with E-state index >= 15 is 0 Å². The molecule has 0 bridgehead atoms. The van der Waals surface area contributed by atoms with Crippen molar-refractivity contribution in [3.63, 3.8) is 0 Å². The van der Waals surface area contributed by atoms with Gasteiger partial charge in [-0.2, -0.15) is 0 Å². The third-order valence-electron chi connectivity index (χ3n) is 3.64. The van der Waals surface area contributed by atoms with E-state index in [1.165, 1.54) is 0 Å². The Labute approximate surface area is 108 Å². The van der Waals surface area contributed by atoms with Crippen molar-refractivity contribution in [3.05, 3.63) is 17.9 Å². The van der Waals surface area contributed by atoms with Crippen LogP contribution in [0.15, 0.2) is 17.9 Å². The fraction of sp³-hybridized carbons (Fsp3) is 0.786. The van der Waals surface area contributed by atoms with Gasteiger partial charge in [0.05, 0.1) is 13.2 Å². The molecule has 100 valence electrons. The summed E-state index contributed by atoms with van der Waals surface area (Å²) in [6.07, 6.45) is 0. The minimum absolute atomic E-state index is 0.0116. The Morgan fingerprint density at radius 2 is 1.53 bits per heavy atom. The van der Waals surface area contributed by atoms with Gasteiger partial charge in [0.15, 0.2) is 0 Å². The summed E-state index contributed by atoms with van der Waals surface area (Å²) in [4.78, 5) is 0. The molecule has 0 aromatic carbocycles. The molecule has 0 heterocycles. The highest BCUT2D eigenvalue weighted by Gasteiger charge is 2.44. The summed E-state index contributed by atoms with van der Waals surface area (Å²) < 4.78 is 6.30. The van der Waals surface area contributed by atoms with Crippen LogP contribution in [-0.2, 0) is 4.43 Å². The van der Waals surface area contributed by atoms with Crippen LogP contribution in [0, 0.1) is 0 Å². The van der Waals surface area contributed by atoms with E-state index in [0.717, 1.165) is 5.57 Å². The fourth-order valence-electron chi connectivity index (χ4n) is 2.86. The lowest BCUT2D eigenvalue weighted by atomic mass is 10.3. The lowest BCUT2D eigenvalue weighted by Gasteiger charge is -2.42. The monoisotopic (exact) mass is 256 g/mol. The first-order chi connectivity index (χ1) is 7.82. The highest BCUT2D eigenvalue weighted by molar-refractivity contribution is 6.77. The second kappa shape index (κ2) is 7.17. The first-order valence-electron chi connectivity index (χ1n) is 6.45. The zero-order valence-corrected chi connectivity index (χ0v) is 13.2. The van der Waals surface area contributed by atoms with Crippen molar-refractivity contribution in [1.29, 1.82) is 0 Å². The Morgan fingerprint density at radius 1 is 1.12 bits per heavy atom. The van der Waals surface area contributed by atoms with Crippen LogP contribution in [0.3, 0.4) is 0 Å². The number of hydrogen-bond acceptors (Lipinski definition) is 2. The first kappa shape index (κ1) is 16.7. The molecule has 0 fully saturated rings. The topological polar surface area (TPSA) is 29.5 Å². The molecule has 1 N–H and O–H groups in total. The second-order valence-electron chi connectivity index (χ2n) is 5.54. The number of rotatable bonds is 7. The molecule has 0 aliphatic rings. The standard InChI is InChI=1S/C14H28O2Si/c1-8-14(9-15)10-16-17(11(2)3,12(4)5)13(6)7/h11-13,15H,1,9-10H2,2-7H3. The van der Waals surface area contributed by atoms with Gasteiger partial charge in [0, 0.05) is 5.57 Å². The maximum atomic E-state index is 9.13. The van der Waals surface area contributed by atoms with E-state index in [9.17, 15) is 0 Å². The van der Waals surface area contributed by atoms with Gasteiger partial charge in [0.2, 0.25) is 8.32 Å². The van der Waals surface area contributed by atoms with Crippen molar-refractivity contribution < 1.29 is 9.53 Å². The summed E-state index contributed by atoms with van der Waals surface area (Å²) in [5, 5.41) is 9.13. The van der Waals surface area contributed by atoms with Crippen molar-refractivity contribution in [2.24, 2.45) is 0 Å². The number of hydrogen-bond donors (Lipinski definition) is 1. The smallest absolute Gasteiger partial charge is 0.200 e. The minimum Gasteiger partial charge on any atom is -0.411 e. The van der Waals surface area contributed by atoms with Crippen LogP contribution < -0.4 is 0 Å². The van der Waals surface area contributed by atoms with Gasteiger partial charge in [-0.25, -0.2) is 0 Å². The largest absolute Gasteiger partial charge is 0.411 e. The summed E-state index contributed by atoms with van der Waals surface area (Å²) in [5.74, 6) is 0. The molecule has 17 heavy (non-hydrogen) atoms. The highest BCUT2D eigenvalue weighted by atomic mass is 28.4. The Kier molecular flexibility index (Phi) is 7.03. The predicted octanol–water partition coefficient (Wildman–Crippen LogP) is 3.88. The third kappa shape index (κ3) is 3.82. The second-order valence-corrected chi connectivity index (χ2v) is 11.0. The summed E-state index contributed by atoms with van der Waals surface area (Å²) in [7, 11) is -1.82. The Balaban J connectivity index is 5.00. The molecule has 0 spiro atoms. The van der Waals surface area contributed by atoms with E-state index in [2.05, 4.69) is 53.9 Å². The zero-order chi connectivity index (χ0) is 13.6. The zero-order valence-electron chi connectivity index (χ0n) is 12.2. The van der Waals surface area contributed by atoms with E-state index < -0.39 is 8.32 Å². The molecule has 0 aromatic rings. The molecule has 0 amide bonds. The minimum atomic E-state index is -1.82. The van der Waals surface area contributed by atoms with Crippen molar-refractivity contribution in [2.75, 3.05) is 13.2 Å². The van der Waals surface area contributed by atoms with Gasteiger partial charge in [0.1, 0.15) is 0 Å². The average Bonchev–Trinajstić information content (AvgIpc) is 2.23. The molecule has 0 unspecified atom stereocenters. The Hall–Kier alpha value is -0.343. The van der Waals surface area contributed by atoms with E-state index in [4.69, 9.17) is 9.53 Å². The van der Waals surface area contributed by atoms with Crippen molar-refractivity contribution in [1.82, 2.24) is 0 Å². The van der Waals surface area contributed by atoms with Crippen LogP contribution in [0.1, 0.15) is 41.5 Å². The molecule has 3 heteroatoms. The maximum absolute atomic E-state index is 9.13. The van der Waals surface area contributed by atoms with E-state index in [0.29, 0.717) is 23.2 Å². The van der Waals surface area contributed by atoms with Gasteiger partial charge in [-0.1, -0.05) is 48.1 Å². The summed E-state index contributed by atoms with van der Waals surface area (Å²) in [6.45, 7) is 17.6. The molecule has 0 aliphatic carbocycles. The van der Waals surface area contributed by atoms with Crippen LogP contribution in [0.5, 0.6) is 0 Å². The van der Waals surface area contributed by atoms with E-state index in [1.807, 2.05) is 0 Å². The molecule has 0 saturated heterocycles. The number of aliphatic hydroxyl groups excluding tert-OH is 1. The van der Waals surface area contributed by atoms with Crippen LogP contribution in [-0.4, -0.2) is 26.6 Å².